The Balaban J connectivity index is 2.62. The standard InChI is InChI=1S/C12H17NO/c1-3-13(4-2)9-11-5-7-12(10-14)8-6-11/h5,7-10H,3-4,6H2,1-2H3. The van der Waals surface area contributed by atoms with E-state index in [1.54, 1.807) is 0 Å². The molecule has 0 bridgehead atoms. The molecule has 0 saturated carbocycles. The topological polar surface area (TPSA) is 20.3 Å². The quantitative estimate of drug-likeness (QED) is 0.635. The van der Waals surface area contributed by atoms with Gasteiger partial charge in [-0.1, -0.05) is 18.2 Å². The van der Waals surface area contributed by atoms with E-state index in [9.17, 15) is 4.79 Å². The van der Waals surface area contributed by atoms with Crippen LogP contribution in [0.4, 0.5) is 0 Å². The van der Waals surface area contributed by atoms with E-state index < -0.39 is 0 Å². The molecule has 1 rings (SSSR count). The van der Waals surface area contributed by atoms with Gasteiger partial charge in [0, 0.05) is 24.9 Å². The van der Waals surface area contributed by atoms with Gasteiger partial charge in [0.25, 0.3) is 0 Å². The molecule has 0 aromatic heterocycles. The molecular weight excluding hydrogens is 174 g/mol. The fraction of sp³-hybridized carbons (Fsp3) is 0.417. The monoisotopic (exact) mass is 191 g/mol. The van der Waals surface area contributed by atoms with Gasteiger partial charge in [-0.2, -0.15) is 0 Å². The summed E-state index contributed by atoms with van der Waals surface area (Å²) in [5.41, 5.74) is 2.04. The van der Waals surface area contributed by atoms with Crippen LogP contribution in [0.3, 0.4) is 0 Å². The zero-order valence-corrected chi connectivity index (χ0v) is 8.86. The first-order chi connectivity index (χ1) is 6.80. The molecular formula is C12H17NO. The van der Waals surface area contributed by atoms with Crippen LogP contribution in [0.1, 0.15) is 20.3 Å². The first kappa shape index (κ1) is 10.8. The second-order valence-corrected chi connectivity index (χ2v) is 3.28. The fourth-order valence-electron chi connectivity index (χ4n) is 1.40. The second kappa shape index (κ2) is 5.43. The molecule has 0 aromatic rings. The van der Waals surface area contributed by atoms with Crippen molar-refractivity contribution in [1.29, 1.82) is 0 Å². The number of carbonyl (C=O) groups excluding carboxylic acids is 1. The van der Waals surface area contributed by atoms with E-state index in [1.807, 2.05) is 18.2 Å². The van der Waals surface area contributed by atoms with Crippen molar-refractivity contribution in [2.45, 2.75) is 20.3 Å². The molecule has 2 heteroatoms. The molecule has 0 unspecified atom stereocenters. The number of aldehydes is 1. The Bertz CT molecular complexity index is 283. The van der Waals surface area contributed by atoms with Gasteiger partial charge >= 0.3 is 0 Å². The zero-order chi connectivity index (χ0) is 10.4. The molecule has 0 radical (unpaired) electrons. The van der Waals surface area contributed by atoms with Crippen molar-refractivity contribution >= 4 is 6.29 Å². The van der Waals surface area contributed by atoms with Gasteiger partial charge < -0.3 is 4.90 Å². The third kappa shape index (κ3) is 2.87. The van der Waals surface area contributed by atoms with Crippen LogP contribution in [-0.2, 0) is 4.79 Å². The van der Waals surface area contributed by atoms with Crippen molar-refractivity contribution in [3.63, 3.8) is 0 Å². The maximum absolute atomic E-state index is 10.5. The van der Waals surface area contributed by atoms with Gasteiger partial charge in [0.15, 0.2) is 0 Å². The first-order valence-electron chi connectivity index (χ1n) is 5.08. The molecule has 0 amide bonds. The predicted octanol–water partition coefficient (Wildman–Crippen LogP) is 2.30. The van der Waals surface area contributed by atoms with Gasteiger partial charge in [0.2, 0.25) is 0 Å². The Morgan fingerprint density at radius 3 is 2.50 bits per heavy atom. The summed E-state index contributed by atoms with van der Waals surface area (Å²) in [6.45, 7) is 6.33. The number of nitrogens with zero attached hydrogens (tertiary/aromatic N) is 1. The lowest BCUT2D eigenvalue weighted by molar-refractivity contribution is -0.104. The fourth-order valence-corrected chi connectivity index (χ4v) is 1.40. The van der Waals surface area contributed by atoms with Gasteiger partial charge in [-0.25, -0.2) is 0 Å². The first-order valence-corrected chi connectivity index (χ1v) is 5.08. The highest BCUT2D eigenvalue weighted by Gasteiger charge is 2.01. The van der Waals surface area contributed by atoms with Gasteiger partial charge in [-0.3, -0.25) is 4.79 Å². The van der Waals surface area contributed by atoms with Crippen molar-refractivity contribution < 1.29 is 4.79 Å². The van der Waals surface area contributed by atoms with Crippen LogP contribution in [0.2, 0.25) is 0 Å². The maximum atomic E-state index is 10.5. The lowest BCUT2D eigenvalue weighted by Crippen LogP contribution is -2.16. The molecule has 76 valence electrons. The third-order valence-electron chi connectivity index (χ3n) is 2.36. The molecule has 0 fully saturated rings. The molecule has 1 aliphatic carbocycles. The average Bonchev–Trinajstić information content (AvgIpc) is 2.26. The minimum atomic E-state index is 0.779. The molecule has 2 nitrogen and oxygen atoms in total. The van der Waals surface area contributed by atoms with Crippen LogP contribution in [0.25, 0.3) is 0 Å². The minimum Gasteiger partial charge on any atom is -0.378 e. The summed E-state index contributed by atoms with van der Waals surface area (Å²) in [5.74, 6) is 0. The van der Waals surface area contributed by atoms with E-state index in [0.29, 0.717) is 0 Å². The Kier molecular flexibility index (Phi) is 4.17. The number of allylic oxidation sites excluding steroid dienone is 5. The van der Waals surface area contributed by atoms with E-state index in [0.717, 1.165) is 31.4 Å². The largest absolute Gasteiger partial charge is 0.378 e. The lowest BCUT2D eigenvalue weighted by Gasteiger charge is -2.17. The summed E-state index contributed by atoms with van der Waals surface area (Å²) in [7, 11) is 0. The smallest absolute Gasteiger partial charge is 0.149 e. The van der Waals surface area contributed by atoms with Crippen LogP contribution < -0.4 is 0 Å². The Morgan fingerprint density at radius 1 is 1.36 bits per heavy atom. The van der Waals surface area contributed by atoms with E-state index in [1.165, 1.54) is 5.57 Å². The van der Waals surface area contributed by atoms with Crippen LogP contribution in [0, 0.1) is 0 Å². The molecule has 0 N–H and O–H groups in total. The SMILES string of the molecule is CCN(C=C1C=CC(C=O)=CC1)CC. The molecule has 0 aliphatic heterocycles. The summed E-state index contributed by atoms with van der Waals surface area (Å²) in [6, 6.07) is 0. The highest BCUT2D eigenvalue weighted by Crippen LogP contribution is 2.14. The molecule has 0 atom stereocenters. The summed E-state index contributed by atoms with van der Waals surface area (Å²) >= 11 is 0. The van der Waals surface area contributed by atoms with E-state index in [4.69, 9.17) is 0 Å². The molecule has 0 spiro atoms. The van der Waals surface area contributed by atoms with Crippen LogP contribution in [0.5, 0.6) is 0 Å². The molecule has 0 heterocycles. The van der Waals surface area contributed by atoms with Crippen molar-refractivity contribution in [2.75, 3.05) is 13.1 Å². The normalized spacial score (nSPS) is 18.1. The van der Waals surface area contributed by atoms with Crippen molar-refractivity contribution in [3.05, 3.63) is 35.6 Å². The van der Waals surface area contributed by atoms with Crippen molar-refractivity contribution in [3.8, 4) is 0 Å². The number of hydrogen-bond acceptors (Lipinski definition) is 2. The van der Waals surface area contributed by atoms with Crippen LogP contribution >= 0.6 is 0 Å². The average molecular weight is 191 g/mol. The zero-order valence-electron chi connectivity index (χ0n) is 8.86. The summed E-state index contributed by atoms with van der Waals surface area (Å²) < 4.78 is 0. The van der Waals surface area contributed by atoms with Gasteiger partial charge in [-0.05, 0) is 25.8 Å². The molecule has 0 saturated heterocycles. The highest BCUT2D eigenvalue weighted by molar-refractivity contribution is 5.78. The van der Waals surface area contributed by atoms with Crippen LogP contribution in [0.15, 0.2) is 35.6 Å². The number of rotatable bonds is 4. The minimum absolute atomic E-state index is 0.779. The molecule has 0 aromatic carbocycles. The molecule has 14 heavy (non-hydrogen) atoms. The maximum Gasteiger partial charge on any atom is 0.149 e. The van der Waals surface area contributed by atoms with E-state index >= 15 is 0 Å². The summed E-state index contributed by atoms with van der Waals surface area (Å²) in [5, 5.41) is 0. The van der Waals surface area contributed by atoms with Crippen LogP contribution in [-0.4, -0.2) is 24.3 Å². The molecule has 1 aliphatic rings. The summed E-state index contributed by atoms with van der Waals surface area (Å²) in [6.07, 6.45) is 9.76. The van der Waals surface area contributed by atoms with Crippen molar-refractivity contribution in [1.82, 2.24) is 4.90 Å². The number of carbonyl (C=O) groups is 1. The van der Waals surface area contributed by atoms with Gasteiger partial charge in [0.1, 0.15) is 6.29 Å². The highest BCUT2D eigenvalue weighted by atomic mass is 16.1. The van der Waals surface area contributed by atoms with Gasteiger partial charge in [0.05, 0.1) is 0 Å². The van der Waals surface area contributed by atoms with E-state index in [-0.39, 0.29) is 0 Å². The lowest BCUT2D eigenvalue weighted by atomic mass is 10.0. The van der Waals surface area contributed by atoms with E-state index in [2.05, 4.69) is 24.9 Å². The number of hydrogen-bond donors (Lipinski definition) is 0. The Morgan fingerprint density at radius 2 is 2.07 bits per heavy atom. The van der Waals surface area contributed by atoms with Crippen molar-refractivity contribution in [2.24, 2.45) is 0 Å². The predicted molar refractivity (Wildman–Crippen MR) is 58.9 cm³/mol. The second-order valence-electron chi connectivity index (χ2n) is 3.28. The Hall–Kier alpha value is -1.31. The Labute approximate surface area is 85.6 Å². The van der Waals surface area contributed by atoms with Gasteiger partial charge in [-0.15, -0.1) is 0 Å². The summed E-state index contributed by atoms with van der Waals surface area (Å²) in [4.78, 5) is 12.7. The third-order valence-corrected chi connectivity index (χ3v) is 2.36.